The third kappa shape index (κ3) is 4.20. The number of rotatable bonds is 6. The van der Waals surface area contributed by atoms with Crippen molar-refractivity contribution in [3.05, 3.63) is 48.4 Å². The minimum atomic E-state index is 0.501. The van der Waals surface area contributed by atoms with Gasteiger partial charge in [-0.3, -0.25) is 4.90 Å². The van der Waals surface area contributed by atoms with E-state index in [2.05, 4.69) is 26.8 Å². The predicted molar refractivity (Wildman–Crippen MR) is 92.0 cm³/mol. The van der Waals surface area contributed by atoms with Gasteiger partial charge in [0.1, 0.15) is 24.5 Å². The summed E-state index contributed by atoms with van der Waals surface area (Å²) in [7, 11) is 2.12. The molecule has 1 unspecified atom stereocenters. The van der Waals surface area contributed by atoms with Crippen LogP contribution in [0.15, 0.2) is 42.7 Å². The third-order valence-corrected chi connectivity index (χ3v) is 4.37. The normalized spacial score (nSPS) is 18.1. The summed E-state index contributed by atoms with van der Waals surface area (Å²) in [6.45, 7) is 5.85. The lowest BCUT2D eigenvalue weighted by molar-refractivity contribution is 0.236. The molecule has 1 aliphatic heterocycles. The molecule has 2 aromatic rings. The second-order valence-corrected chi connectivity index (χ2v) is 6.03. The van der Waals surface area contributed by atoms with Crippen molar-refractivity contribution in [3.8, 4) is 5.75 Å². The molecule has 1 aliphatic rings. The van der Waals surface area contributed by atoms with E-state index in [1.807, 2.05) is 43.3 Å². The maximum atomic E-state index is 5.79. The van der Waals surface area contributed by atoms with Crippen molar-refractivity contribution in [3.63, 3.8) is 0 Å². The molecule has 0 N–H and O–H groups in total. The minimum Gasteiger partial charge on any atom is -0.492 e. The van der Waals surface area contributed by atoms with Crippen LogP contribution in [0.3, 0.4) is 0 Å². The summed E-state index contributed by atoms with van der Waals surface area (Å²) < 4.78 is 5.79. The molecular weight excluding hydrogens is 288 g/mol. The number of likely N-dealkylation sites (N-methyl/N-ethyl adjacent to an activating group) is 1. The Morgan fingerprint density at radius 2 is 2.09 bits per heavy atom. The molecule has 1 atom stereocenters. The number of hydrogen-bond donors (Lipinski definition) is 0. The lowest BCUT2D eigenvalue weighted by atomic mass is 10.2. The second-order valence-electron chi connectivity index (χ2n) is 6.03. The van der Waals surface area contributed by atoms with E-state index in [0.717, 1.165) is 49.9 Å². The molecule has 5 heteroatoms. The Morgan fingerprint density at radius 3 is 2.87 bits per heavy atom. The summed E-state index contributed by atoms with van der Waals surface area (Å²) in [4.78, 5) is 13.3. The van der Waals surface area contributed by atoms with Gasteiger partial charge in [-0.2, -0.15) is 0 Å². The lowest BCUT2D eigenvalue weighted by Gasteiger charge is -2.26. The van der Waals surface area contributed by atoms with Gasteiger partial charge in [-0.25, -0.2) is 9.97 Å². The molecule has 1 saturated heterocycles. The number of benzene rings is 1. The van der Waals surface area contributed by atoms with Gasteiger partial charge in [-0.15, -0.1) is 0 Å². The standard InChI is InChI=1S/C18H24N4O/c1-15-12-18(20-14-19-15)21(2)16-8-9-22(13-16)10-11-23-17-6-4-3-5-7-17/h3-7,12,14,16H,8-11,13H2,1-2H3. The quantitative estimate of drug-likeness (QED) is 0.819. The SMILES string of the molecule is Cc1cc(N(C)C2CCN(CCOc3ccccc3)C2)ncn1. The second kappa shape index (κ2) is 7.42. The molecular formula is C18H24N4O. The van der Waals surface area contributed by atoms with E-state index in [0.29, 0.717) is 6.04 Å². The van der Waals surface area contributed by atoms with Crippen molar-refractivity contribution in [2.45, 2.75) is 19.4 Å². The summed E-state index contributed by atoms with van der Waals surface area (Å²) in [6.07, 6.45) is 2.80. The highest BCUT2D eigenvalue weighted by molar-refractivity contribution is 5.39. The molecule has 0 radical (unpaired) electrons. The summed E-state index contributed by atoms with van der Waals surface area (Å²) in [6, 6.07) is 12.5. The number of hydrogen-bond acceptors (Lipinski definition) is 5. The van der Waals surface area contributed by atoms with Gasteiger partial charge in [-0.1, -0.05) is 18.2 Å². The molecule has 0 spiro atoms. The molecule has 1 fully saturated rings. The molecule has 0 amide bonds. The summed E-state index contributed by atoms with van der Waals surface area (Å²) in [5.41, 5.74) is 1.01. The summed E-state index contributed by atoms with van der Waals surface area (Å²) in [5.74, 6) is 1.95. The zero-order valence-electron chi connectivity index (χ0n) is 13.9. The van der Waals surface area contributed by atoms with Gasteiger partial charge < -0.3 is 9.64 Å². The lowest BCUT2D eigenvalue weighted by Crippen LogP contribution is -2.36. The van der Waals surface area contributed by atoms with Crippen molar-refractivity contribution in [1.82, 2.24) is 14.9 Å². The average Bonchev–Trinajstić information content (AvgIpc) is 3.04. The number of aryl methyl sites for hydroxylation is 1. The van der Waals surface area contributed by atoms with Crippen molar-refractivity contribution in [1.29, 1.82) is 0 Å². The third-order valence-electron chi connectivity index (χ3n) is 4.37. The maximum absolute atomic E-state index is 5.79. The monoisotopic (exact) mass is 312 g/mol. The van der Waals surface area contributed by atoms with E-state index in [4.69, 9.17) is 4.74 Å². The first kappa shape index (κ1) is 15.7. The van der Waals surface area contributed by atoms with Crippen LogP contribution in [0.5, 0.6) is 5.75 Å². The molecule has 3 rings (SSSR count). The molecule has 1 aromatic heterocycles. The van der Waals surface area contributed by atoms with Crippen molar-refractivity contribution in [2.75, 3.05) is 38.2 Å². The van der Waals surface area contributed by atoms with Crippen LogP contribution >= 0.6 is 0 Å². The van der Waals surface area contributed by atoms with Gasteiger partial charge in [0.25, 0.3) is 0 Å². The van der Waals surface area contributed by atoms with E-state index in [1.54, 1.807) is 6.33 Å². The van der Waals surface area contributed by atoms with Crippen LogP contribution in [0.4, 0.5) is 5.82 Å². The molecule has 2 heterocycles. The molecule has 122 valence electrons. The fraction of sp³-hybridized carbons (Fsp3) is 0.444. The van der Waals surface area contributed by atoms with Crippen LogP contribution < -0.4 is 9.64 Å². The first-order valence-corrected chi connectivity index (χ1v) is 8.14. The summed E-state index contributed by atoms with van der Waals surface area (Å²) >= 11 is 0. The number of likely N-dealkylation sites (tertiary alicyclic amines) is 1. The number of aromatic nitrogens is 2. The van der Waals surface area contributed by atoms with Crippen LogP contribution in [-0.2, 0) is 0 Å². The van der Waals surface area contributed by atoms with Gasteiger partial charge in [0.2, 0.25) is 0 Å². The van der Waals surface area contributed by atoms with Crippen LogP contribution in [0.1, 0.15) is 12.1 Å². The zero-order valence-corrected chi connectivity index (χ0v) is 13.9. The van der Waals surface area contributed by atoms with Crippen LogP contribution in [0.2, 0.25) is 0 Å². The summed E-state index contributed by atoms with van der Waals surface area (Å²) in [5, 5.41) is 0. The Hall–Kier alpha value is -2.14. The van der Waals surface area contributed by atoms with Crippen LogP contribution in [-0.4, -0.2) is 54.2 Å². The van der Waals surface area contributed by atoms with Crippen molar-refractivity contribution in [2.24, 2.45) is 0 Å². The smallest absolute Gasteiger partial charge is 0.132 e. The number of anilines is 1. The topological polar surface area (TPSA) is 41.5 Å². The molecule has 5 nitrogen and oxygen atoms in total. The minimum absolute atomic E-state index is 0.501. The van der Waals surface area contributed by atoms with Gasteiger partial charge >= 0.3 is 0 Å². The Morgan fingerprint density at radius 1 is 1.26 bits per heavy atom. The highest BCUT2D eigenvalue weighted by Gasteiger charge is 2.26. The van der Waals surface area contributed by atoms with E-state index in [-0.39, 0.29) is 0 Å². The molecule has 0 saturated carbocycles. The number of nitrogens with zero attached hydrogens (tertiary/aromatic N) is 4. The Kier molecular flexibility index (Phi) is 5.08. The van der Waals surface area contributed by atoms with E-state index < -0.39 is 0 Å². The van der Waals surface area contributed by atoms with Gasteiger partial charge in [-0.05, 0) is 25.5 Å². The van der Waals surface area contributed by atoms with E-state index in [9.17, 15) is 0 Å². The van der Waals surface area contributed by atoms with E-state index >= 15 is 0 Å². The number of para-hydroxylation sites is 1. The zero-order chi connectivity index (χ0) is 16.1. The Labute approximate surface area is 137 Å². The first-order chi connectivity index (χ1) is 11.2. The van der Waals surface area contributed by atoms with Gasteiger partial charge in [0.05, 0.1) is 0 Å². The Balaban J connectivity index is 1.46. The molecule has 0 aliphatic carbocycles. The maximum Gasteiger partial charge on any atom is 0.132 e. The largest absolute Gasteiger partial charge is 0.492 e. The predicted octanol–water partition coefficient (Wildman–Crippen LogP) is 2.37. The van der Waals surface area contributed by atoms with Crippen molar-refractivity contribution >= 4 is 5.82 Å². The van der Waals surface area contributed by atoms with Crippen LogP contribution in [0, 0.1) is 6.92 Å². The van der Waals surface area contributed by atoms with E-state index in [1.165, 1.54) is 0 Å². The molecule has 1 aromatic carbocycles. The fourth-order valence-corrected chi connectivity index (χ4v) is 2.96. The average molecular weight is 312 g/mol. The Bertz CT molecular complexity index is 619. The first-order valence-electron chi connectivity index (χ1n) is 8.14. The molecule has 23 heavy (non-hydrogen) atoms. The molecule has 0 bridgehead atoms. The van der Waals surface area contributed by atoms with Gasteiger partial charge in [0.15, 0.2) is 0 Å². The highest BCUT2D eigenvalue weighted by atomic mass is 16.5. The van der Waals surface area contributed by atoms with Crippen molar-refractivity contribution < 1.29 is 4.74 Å². The fourth-order valence-electron chi connectivity index (χ4n) is 2.96. The number of ether oxygens (including phenoxy) is 1. The highest BCUT2D eigenvalue weighted by Crippen LogP contribution is 2.19. The van der Waals surface area contributed by atoms with Crippen LogP contribution in [0.25, 0.3) is 0 Å². The van der Waals surface area contributed by atoms with Gasteiger partial charge in [0, 0.05) is 44.5 Å².